The monoisotopic (exact) mass is 169 g/mol. The summed E-state index contributed by atoms with van der Waals surface area (Å²) in [4.78, 5) is 21.7. The van der Waals surface area contributed by atoms with Crippen molar-refractivity contribution in [2.24, 2.45) is 11.8 Å². The number of hydrogen-bond acceptors (Lipinski definition) is 2. The molecule has 69 valence electrons. The normalized spacial score (nSPS) is 13.0. The van der Waals surface area contributed by atoms with Gasteiger partial charge in [0.25, 0.3) is 0 Å². The number of carbonyl (C=O) groups excluding carboxylic acids is 2. The Balaban J connectivity index is 3.96. The third-order valence-electron chi connectivity index (χ3n) is 1.90. The van der Waals surface area contributed by atoms with E-state index in [1.165, 1.54) is 0 Å². The molecule has 0 aromatic carbocycles. The molecule has 0 bridgehead atoms. The molecule has 0 saturated carbocycles. The molecule has 0 aliphatic carbocycles. The van der Waals surface area contributed by atoms with Crippen LogP contribution in [0.1, 0.15) is 40.0 Å². The number of carbonyl (C=O) groups is 1. The first kappa shape index (κ1) is 11.3. The zero-order valence-corrected chi connectivity index (χ0v) is 8.09. The molecule has 0 spiro atoms. The van der Waals surface area contributed by atoms with Crippen LogP contribution in [-0.4, -0.2) is 12.1 Å². The van der Waals surface area contributed by atoms with E-state index in [9.17, 15) is 9.59 Å². The Morgan fingerprint density at radius 1 is 1.42 bits per heavy atom. The predicted octanol–water partition coefficient (Wildman–Crippen LogP) is 2.13. The molecule has 1 radical (unpaired) electrons. The van der Waals surface area contributed by atoms with Crippen molar-refractivity contribution in [3.05, 3.63) is 0 Å². The van der Waals surface area contributed by atoms with Crippen molar-refractivity contribution in [3.8, 4) is 0 Å². The zero-order valence-electron chi connectivity index (χ0n) is 8.09. The van der Waals surface area contributed by atoms with Gasteiger partial charge in [-0.3, -0.25) is 9.59 Å². The minimum absolute atomic E-state index is 0.0263. The zero-order chi connectivity index (χ0) is 9.56. The van der Waals surface area contributed by atoms with E-state index in [2.05, 4.69) is 0 Å². The highest BCUT2D eigenvalue weighted by atomic mass is 16.1. The SMILES string of the molecule is CCCCC([C]=O)C(=O)C(C)C. The van der Waals surface area contributed by atoms with Crippen molar-refractivity contribution < 1.29 is 9.59 Å². The lowest BCUT2D eigenvalue weighted by Gasteiger charge is -2.09. The van der Waals surface area contributed by atoms with Gasteiger partial charge in [-0.1, -0.05) is 33.6 Å². The van der Waals surface area contributed by atoms with Gasteiger partial charge in [-0.15, -0.1) is 0 Å². The third-order valence-corrected chi connectivity index (χ3v) is 1.90. The van der Waals surface area contributed by atoms with Crippen molar-refractivity contribution in [2.75, 3.05) is 0 Å². The Bertz CT molecular complexity index is 150. The van der Waals surface area contributed by atoms with E-state index in [0.717, 1.165) is 12.8 Å². The quantitative estimate of drug-likeness (QED) is 0.571. The van der Waals surface area contributed by atoms with Crippen LogP contribution in [0.4, 0.5) is 0 Å². The summed E-state index contributed by atoms with van der Waals surface area (Å²) in [5, 5.41) is 0. The molecule has 0 aromatic heterocycles. The fourth-order valence-corrected chi connectivity index (χ4v) is 1.07. The van der Waals surface area contributed by atoms with Crippen molar-refractivity contribution in [3.63, 3.8) is 0 Å². The van der Waals surface area contributed by atoms with E-state index in [0.29, 0.717) is 6.42 Å². The number of Topliss-reactive ketones (excluding diaryl/α,β-unsaturated/α-hetero) is 1. The maximum atomic E-state index is 11.3. The summed E-state index contributed by atoms with van der Waals surface area (Å²) in [6.45, 7) is 5.68. The van der Waals surface area contributed by atoms with Crippen LogP contribution in [0.3, 0.4) is 0 Å². The van der Waals surface area contributed by atoms with Crippen molar-refractivity contribution in [2.45, 2.75) is 40.0 Å². The predicted molar refractivity (Wildman–Crippen MR) is 48.6 cm³/mol. The molecule has 1 unspecified atom stereocenters. The first-order valence-electron chi connectivity index (χ1n) is 4.54. The standard InChI is InChI=1S/C10H17O2/c1-4-5-6-9(7-11)10(12)8(2)3/h8-9H,4-6H2,1-3H3. The Morgan fingerprint density at radius 3 is 2.33 bits per heavy atom. The highest BCUT2D eigenvalue weighted by Crippen LogP contribution is 2.12. The Morgan fingerprint density at radius 2 is 2.00 bits per heavy atom. The Hall–Kier alpha value is -0.660. The third kappa shape index (κ3) is 3.65. The van der Waals surface area contributed by atoms with Crippen LogP contribution in [0.25, 0.3) is 0 Å². The van der Waals surface area contributed by atoms with E-state index in [-0.39, 0.29) is 11.7 Å². The highest BCUT2D eigenvalue weighted by molar-refractivity contribution is 5.94. The number of rotatable bonds is 6. The van der Waals surface area contributed by atoms with Crippen LogP contribution in [-0.2, 0) is 9.59 Å². The Kier molecular flexibility index (Phi) is 5.60. The van der Waals surface area contributed by atoms with Gasteiger partial charge in [0.05, 0.1) is 5.92 Å². The summed E-state index contributed by atoms with van der Waals surface area (Å²) in [5.74, 6) is -0.503. The second-order valence-electron chi connectivity index (χ2n) is 3.37. The summed E-state index contributed by atoms with van der Waals surface area (Å²) in [6.07, 6.45) is 4.43. The lowest BCUT2D eigenvalue weighted by molar-refractivity contribution is -0.124. The first-order chi connectivity index (χ1) is 5.63. The minimum Gasteiger partial charge on any atom is -0.299 e. The molecular weight excluding hydrogens is 152 g/mol. The summed E-state index contributed by atoms with van der Waals surface area (Å²) in [5.41, 5.74) is 0. The lowest BCUT2D eigenvalue weighted by Crippen LogP contribution is -2.20. The molecule has 1 atom stereocenters. The smallest absolute Gasteiger partial charge is 0.209 e. The lowest BCUT2D eigenvalue weighted by atomic mass is 9.92. The van der Waals surface area contributed by atoms with Crippen LogP contribution in [0, 0.1) is 11.8 Å². The van der Waals surface area contributed by atoms with E-state index in [4.69, 9.17) is 0 Å². The molecule has 2 heteroatoms. The minimum atomic E-state index is -0.482. The molecule has 0 aliphatic rings. The van der Waals surface area contributed by atoms with Crippen LogP contribution in [0.5, 0.6) is 0 Å². The van der Waals surface area contributed by atoms with Crippen LogP contribution >= 0.6 is 0 Å². The van der Waals surface area contributed by atoms with Crippen LogP contribution < -0.4 is 0 Å². The molecule has 0 rings (SSSR count). The largest absolute Gasteiger partial charge is 0.299 e. The molecule has 2 nitrogen and oxygen atoms in total. The van der Waals surface area contributed by atoms with Crippen molar-refractivity contribution in [1.29, 1.82) is 0 Å². The van der Waals surface area contributed by atoms with Gasteiger partial charge in [0, 0.05) is 5.92 Å². The van der Waals surface area contributed by atoms with Gasteiger partial charge in [0.15, 0.2) is 0 Å². The molecule has 0 aromatic rings. The van der Waals surface area contributed by atoms with Crippen LogP contribution in [0.2, 0.25) is 0 Å². The van der Waals surface area contributed by atoms with Gasteiger partial charge in [-0.2, -0.15) is 0 Å². The number of hydrogen-bond donors (Lipinski definition) is 0. The highest BCUT2D eigenvalue weighted by Gasteiger charge is 2.20. The average molecular weight is 169 g/mol. The van der Waals surface area contributed by atoms with E-state index < -0.39 is 5.92 Å². The summed E-state index contributed by atoms with van der Waals surface area (Å²) in [7, 11) is 0. The second kappa shape index (κ2) is 5.92. The topological polar surface area (TPSA) is 34.1 Å². The summed E-state index contributed by atoms with van der Waals surface area (Å²) in [6, 6.07) is 0. The molecule has 0 heterocycles. The second-order valence-corrected chi connectivity index (χ2v) is 3.37. The molecule has 0 N–H and O–H groups in total. The summed E-state index contributed by atoms with van der Waals surface area (Å²) >= 11 is 0. The Labute approximate surface area is 74.3 Å². The van der Waals surface area contributed by atoms with Crippen molar-refractivity contribution in [1.82, 2.24) is 0 Å². The van der Waals surface area contributed by atoms with Gasteiger partial charge in [-0.25, -0.2) is 0 Å². The van der Waals surface area contributed by atoms with Gasteiger partial charge >= 0.3 is 0 Å². The fraction of sp³-hybridized carbons (Fsp3) is 0.800. The van der Waals surface area contributed by atoms with E-state index >= 15 is 0 Å². The fourth-order valence-electron chi connectivity index (χ4n) is 1.07. The molecule has 0 fully saturated rings. The molecule has 0 saturated heterocycles. The average Bonchev–Trinajstić information content (AvgIpc) is 2.05. The maximum Gasteiger partial charge on any atom is 0.209 e. The van der Waals surface area contributed by atoms with Crippen LogP contribution in [0.15, 0.2) is 0 Å². The van der Waals surface area contributed by atoms with E-state index in [1.807, 2.05) is 27.1 Å². The molecule has 12 heavy (non-hydrogen) atoms. The molecule has 0 aliphatic heterocycles. The van der Waals surface area contributed by atoms with Gasteiger partial charge in [0.1, 0.15) is 5.78 Å². The first-order valence-corrected chi connectivity index (χ1v) is 4.54. The van der Waals surface area contributed by atoms with Gasteiger partial charge < -0.3 is 0 Å². The van der Waals surface area contributed by atoms with Crippen molar-refractivity contribution >= 4 is 12.1 Å². The number of ketones is 1. The summed E-state index contributed by atoms with van der Waals surface area (Å²) < 4.78 is 0. The van der Waals surface area contributed by atoms with Gasteiger partial charge in [0.2, 0.25) is 6.29 Å². The molecular formula is C10H17O2. The molecule has 0 amide bonds. The van der Waals surface area contributed by atoms with E-state index in [1.54, 1.807) is 0 Å². The number of unbranched alkanes of at least 4 members (excludes halogenated alkanes) is 1. The van der Waals surface area contributed by atoms with Gasteiger partial charge in [-0.05, 0) is 6.42 Å². The maximum absolute atomic E-state index is 11.3.